The summed E-state index contributed by atoms with van der Waals surface area (Å²) in [6.07, 6.45) is 0.757. The van der Waals surface area contributed by atoms with E-state index in [1.54, 1.807) is 0 Å². The maximum Gasteiger partial charge on any atom is 0.140 e. The average Bonchev–Trinajstić information content (AvgIpc) is 2.90. The molecule has 1 atom stereocenters. The van der Waals surface area contributed by atoms with E-state index >= 15 is 0 Å². The number of pyridine rings is 1. The Morgan fingerprint density at radius 1 is 1.29 bits per heavy atom. The van der Waals surface area contributed by atoms with Gasteiger partial charge >= 0.3 is 0 Å². The Kier molecular flexibility index (Phi) is 4.46. The van der Waals surface area contributed by atoms with Gasteiger partial charge in [0.25, 0.3) is 0 Å². The van der Waals surface area contributed by atoms with E-state index in [1.807, 2.05) is 30.8 Å². The number of aromatic nitrogens is 1. The molecule has 1 unspecified atom stereocenters. The molecule has 2 N–H and O–H groups in total. The van der Waals surface area contributed by atoms with Crippen molar-refractivity contribution in [2.45, 2.75) is 24.2 Å². The molecule has 0 spiro atoms. The molecule has 2 aromatic rings. The van der Waals surface area contributed by atoms with Crippen molar-refractivity contribution in [2.75, 3.05) is 18.9 Å². The predicted molar refractivity (Wildman–Crippen MR) is 87.1 cm³/mol. The Bertz CT molecular complexity index is 630. The van der Waals surface area contributed by atoms with Gasteiger partial charge in [0, 0.05) is 28.7 Å². The highest BCUT2D eigenvalue weighted by molar-refractivity contribution is 7.99. The maximum absolute atomic E-state index is 6.05. The van der Waals surface area contributed by atoms with E-state index in [-0.39, 0.29) is 0 Å². The topological polar surface area (TPSA) is 48.1 Å². The summed E-state index contributed by atoms with van der Waals surface area (Å²) in [6, 6.07) is 12.6. The molecule has 1 aromatic heterocycles. The lowest BCUT2D eigenvalue weighted by Gasteiger charge is -2.15. The van der Waals surface area contributed by atoms with Crippen LogP contribution < -0.4 is 10.5 Å². The van der Waals surface area contributed by atoms with Crippen molar-refractivity contribution in [3.63, 3.8) is 0 Å². The SMILES string of the molecule is Cc1ccc(OCC2CSc3ccccc32)c(CCN)n1. The van der Waals surface area contributed by atoms with Crippen LogP contribution in [0.5, 0.6) is 5.75 Å². The van der Waals surface area contributed by atoms with Crippen molar-refractivity contribution < 1.29 is 4.74 Å². The van der Waals surface area contributed by atoms with Gasteiger partial charge in [-0.15, -0.1) is 11.8 Å². The summed E-state index contributed by atoms with van der Waals surface area (Å²) in [7, 11) is 0. The smallest absolute Gasteiger partial charge is 0.140 e. The van der Waals surface area contributed by atoms with Gasteiger partial charge in [-0.05, 0) is 37.2 Å². The largest absolute Gasteiger partial charge is 0.491 e. The number of nitrogens with two attached hydrogens (primary N) is 1. The monoisotopic (exact) mass is 300 g/mol. The Balaban J connectivity index is 1.71. The van der Waals surface area contributed by atoms with Crippen molar-refractivity contribution in [1.82, 2.24) is 4.98 Å². The predicted octanol–water partition coefficient (Wildman–Crippen LogP) is 3.16. The molecular weight excluding hydrogens is 280 g/mol. The van der Waals surface area contributed by atoms with Gasteiger partial charge in [0.05, 0.1) is 12.3 Å². The molecule has 0 radical (unpaired) electrons. The van der Waals surface area contributed by atoms with Crippen LogP contribution in [0.15, 0.2) is 41.3 Å². The molecule has 3 nitrogen and oxygen atoms in total. The molecule has 0 bridgehead atoms. The summed E-state index contributed by atoms with van der Waals surface area (Å²) < 4.78 is 6.05. The fourth-order valence-corrected chi connectivity index (χ4v) is 3.84. The molecule has 0 aliphatic carbocycles. The number of benzene rings is 1. The Morgan fingerprint density at radius 2 is 2.14 bits per heavy atom. The molecule has 0 fully saturated rings. The fraction of sp³-hybridized carbons (Fsp3) is 0.353. The van der Waals surface area contributed by atoms with E-state index in [4.69, 9.17) is 10.5 Å². The zero-order valence-electron chi connectivity index (χ0n) is 12.2. The highest BCUT2D eigenvalue weighted by Crippen LogP contribution is 2.39. The van der Waals surface area contributed by atoms with Crippen molar-refractivity contribution in [3.05, 3.63) is 53.3 Å². The zero-order valence-corrected chi connectivity index (χ0v) is 13.0. The third kappa shape index (κ3) is 3.22. The molecule has 0 saturated heterocycles. The van der Waals surface area contributed by atoms with Gasteiger partial charge in [0.15, 0.2) is 0 Å². The van der Waals surface area contributed by atoms with Crippen molar-refractivity contribution >= 4 is 11.8 Å². The van der Waals surface area contributed by atoms with Crippen LogP contribution in [0.1, 0.15) is 22.9 Å². The molecule has 2 heterocycles. The van der Waals surface area contributed by atoms with Crippen LogP contribution in [0.4, 0.5) is 0 Å². The van der Waals surface area contributed by atoms with Crippen LogP contribution in [0.25, 0.3) is 0 Å². The van der Waals surface area contributed by atoms with Gasteiger partial charge < -0.3 is 10.5 Å². The molecule has 3 rings (SSSR count). The highest BCUT2D eigenvalue weighted by Gasteiger charge is 2.23. The lowest BCUT2D eigenvalue weighted by Crippen LogP contribution is -2.13. The zero-order chi connectivity index (χ0) is 14.7. The van der Waals surface area contributed by atoms with Crippen molar-refractivity contribution in [1.29, 1.82) is 0 Å². The number of aryl methyl sites for hydroxylation is 1. The highest BCUT2D eigenvalue weighted by atomic mass is 32.2. The molecule has 0 saturated carbocycles. The number of rotatable bonds is 5. The van der Waals surface area contributed by atoms with E-state index in [1.165, 1.54) is 10.5 Å². The first-order valence-corrected chi connectivity index (χ1v) is 8.27. The number of thioether (sulfide) groups is 1. The molecule has 21 heavy (non-hydrogen) atoms. The minimum absolute atomic E-state index is 0.457. The lowest BCUT2D eigenvalue weighted by atomic mass is 10.0. The third-order valence-corrected chi connectivity index (χ3v) is 4.94. The van der Waals surface area contributed by atoms with Crippen LogP contribution in [-0.4, -0.2) is 23.9 Å². The summed E-state index contributed by atoms with van der Waals surface area (Å²) in [5.74, 6) is 2.42. The first-order valence-electron chi connectivity index (χ1n) is 7.29. The summed E-state index contributed by atoms with van der Waals surface area (Å²) in [5.41, 5.74) is 9.04. The third-order valence-electron chi connectivity index (χ3n) is 3.69. The van der Waals surface area contributed by atoms with Crippen LogP contribution >= 0.6 is 11.8 Å². The van der Waals surface area contributed by atoms with Gasteiger partial charge in [-0.25, -0.2) is 0 Å². The van der Waals surface area contributed by atoms with E-state index in [0.29, 0.717) is 19.1 Å². The molecule has 4 heteroatoms. The number of hydrogen-bond acceptors (Lipinski definition) is 4. The standard InChI is InChI=1S/C17H20N2OS/c1-12-6-7-16(15(19-12)8-9-18)20-10-13-11-21-17-5-3-2-4-14(13)17/h2-7,13H,8-11,18H2,1H3. The molecule has 110 valence electrons. The summed E-state index contributed by atoms with van der Waals surface area (Å²) in [4.78, 5) is 5.93. The lowest BCUT2D eigenvalue weighted by molar-refractivity contribution is 0.293. The minimum atomic E-state index is 0.457. The van der Waals surface area contributed by atoms with E-state index in [2.05, 4.69) is 29.2 Å². The second-order valence-corrected chi connectivity index (χ2v) is 6.35. The quantitative estimate of drug-likeness (QED) is 0.921. The second-order valence-electron chi connectivity index (χ2n) is 5.29. The minimum Gasteiger partial charge on any atom is -0.491 e. The second kappa shape index (κ2) is 6.50. The van der Waals surface area contributed by atoms with E-state index in [0.717, 1.165) is 29.3 Å². The molecule has 0 amide bonds. The van der Waals surface area contributed by atoms with Crippen LogP contribution in [0, 0.1) is 6.92 Å². The van der Waals surface area contributed by atoms with Gasteiger partial charge in [-0.1, -0.05) is 18.2 Å². The van der Waals surface area contributed by atoms with Crippen LogP contribution in [0.3, 0.4) is 0 Å². The van der Waals surface area contributed by atoms with Crippen LogP contribution in [-0.2, 0) is 6.42 Å². The van der Waals surface area contributed by atoms with Crippen molar-refractivity contribution in [3.8, 4) is 5.75 Å². The summed E-state index contributed by atoms with van der Waals surface area (Å²) in [6.45, 7) is 3.29. The number of nitrogens with zero attached hydrogens (tertiary/aromatic N) is 1. The van der Waals surface area contributed by atoms with Gasteiger partial charge in [-0.2, -0.15) is 0 Å². The normalized spacial score (nSPS) is 16.8. The number of fused-ring (bicyclic) bond motifs is 1. The van der Waals surface area contributed by atoms with Gasteiger partial charge in [-0.3, -0.25) is 4.98 Å². The summed E-state index contributed by atoms with van der Waals surface area (Å²) >= 11 is 1.91. The molecule has 1 aromatic carbocycles. The summed E-state index contributed by atoms with van der Waals surface area (Å²) in [5, 5.41) is 0. The van der Waals surface area contributed by atoms with Gasteiger partial charge in [0.2, 0.25) is 0 Å². The first-order chi connectivity index (χ1) is 10.3. The number of hydrogen-bond donors (Lipinski definition) is 1. The first kappa shape index (κ1) is 14.4. The molecule has 1 aliphatic heterocycles. The molecular formula is C17H20N2OS. The van der Waals surface area contributed by atoms with Crippen molar-refractivity contribution in [2.24, 2.45) is 5.73 Å². The maximum atomic E-state index is 6.05. The fourth-order valence-electron chi connectivity index (χ4n) is 2.60. The Hall–Kier alpha value is -1.52. The molecule has 1 aliphatic rings. The van der Waals surface area contributed by atoms with E-state index in [9.17, 15) is 0 Å². The Morgan fingerprint density at radius 3 is 3.00 bits per heavy atom. The van der Waals surface area contributed by atoms with Gasteiger partial charge in [0.1, 0.15) is 5.75 Å². The van der Waals surface area contributed by atoms with E-state index < -0.39 is 0 Å². The van der Waals surface area contributed by atoms with Crippen LogP contribution in [0.2, 0.25) is 0 Å². The number of ether oxygens (including phenoxy) is 1. The average molecular weight is 300 g/mol. The Labute approximate surface area is 129 Å².